The van der Waals surface area contributed by atoms with E-state index in [0.717, 1.165) is 0 Å². The molecule has 0 aromatic heterocycles. The third-order valence-electron chi connectivity index (χ3n) is 7.10. The summed E-state index contributed by atoms with van der Waals surface area (Å²) in [6.07, 6.45) is 4.98. The zero-order chi connectivity index (χ0) is 34.5. The normalized spacial score (nSPS) is 10.8. The summed E-state index contributed by atoms with van der Waals surface area (Å²) >= 11 is 0. The topological polar surface area (TPSA) is 252 Å². The first-order valence-corrected chi connectivity index (χ1v) is 15.7. The monoisotopic (exact) mass is 655 g/mol. The van der Waals surface area contributed by atoms with Crippen molar-refractivity contribution in [3.05, 3.63) is 20.4 Å². The summed E-state index contributed by atoms with van der Waals surface area (Å²) in [7, 11) is 0. The molecule has 1 aromatic rings. The summed E-state index contributed by atoms with van der Waals surface area (Å²) in [6, 6.07) is 0. The Labute approximate surface area is 267 Å². The van der Waals surface area contributed by atoms with E-state index in [0.29, 0.717) is 92.6 Å². The van der Waals surface area contributed by atoms with Gasteiger partial charge in [0.25, 0.3) is 10.9 Å². The molecule has 0 fully saturated rings. The largest absolute Gasteiger partial charge is 0.394 e. The van der Waals surface area contributed by atoms with Gasteiger partial charge in [0.05, 0.1) is 0 Å². The van der Waals surface area contributed by atoms with Crippen molar-refractivity contribution in [2.75, 3.05) is 50.3 Å². The maximum Gasteiger partial charge on any atom is 0.253 e. The van der Waals surface area contributed by atoms with Crippen LogP contribution in [-0.2, 0) is 24.0 Å². The molecule has 0 aliphatic carbocycles. The number of hydrogen-bond donors (Lipinski definition) is 7. The maximum atomic E-state index is 12.0. The predicted octanol–water partition coefficient (Wildman–Crippen LogP) is 0.254. The Bertz CT molecular complexity index is 1200. The van der Waals surface area contributed by atoms with Gasteiger partial charge in [-0.1, -0.05) is 0 Å². The van der Waals surface area contributed by atoms with Crippen LogP contribution in [0.2, 0.25) is 0 Å². The van der Waals surface area contributed by atoms with Gasteiger partial charge in [-0.2, -0.15) is 0 Å². The summed E-state index contributed by atoms with van der Waals surface area (Å²) in [6.45, 7) is 2.84. The first kappa shape index (κ1) is 39.9. The molecule has 1 rings (SSSR count). The van der Waals surface area contributed by atoms with E-state index in [1.54, 1.807) is 0 Å². The Kier molecular flexibility index (Phi) is 19.5. The maximum absolute atomic E-state index is 12.0. The highest BCUT2D eigenvalue weighted by Gasteiger charge is 2.17. The predicted molar refractivity (Wildman–Crippen MR) is 166 cm³/mol. The average molecular weight is 656 g/mol. The second-order valence-corrected chi connectivity index (χ2v) is 10.9. The summed E-state index contributed by atoms with van der Waals surface area (Å²) in [5, 5.41) is 39.0. The van der Waals surface area contributed by atoms with E-state index >= 15 is 0 Å². The Morgan fingerprint density at radius 1 is 0.587 bits per heavy atom. The third-order valence-corrected chi connectivity index (χ3v) is 7.10. The van der Waals surface area contributed by atoms with Crippen molar-refractivity contribution in [3.8, 4) is 0 Å². The minimum absolute atomic E-state index is 0.0607. The summed E-state index contributed by atoms with van der Waals surface area (Å²) < 4.78 is 0. The molecule has 0 spiro atoms. The lowest BCUT2D eigenvalue weighted by atomic mass is 10.2. The first-order valence-electron chi connectivity index (χ1n) is 15.7. The molecular weight excluding hydrogens is 606 g/mol. The third kappa shape index (κ3) is 16.3. The van der Waals surface area contributed by atoms with Gasteiger partial charge in [0.2, 0.25) is 29.5 Å². The molecular formula is C29H49N7O10. The highest BCUT2D eigenvalue weighted by Crippen LogP contribution is 2.09. The smallest absolute Gasteiger partial charge is 0.253 e. The van der Waals surface area contributed by atoms with E-state index in [2.05, 4.69) is 16.0 Å². The summed E-state index contributed by atoms with van der Waals surface area (Å²) in [5.41, 5.74) is 4.18. The molecule has 17 nitrogen and oxygen atoms in total. The Morgan fingerprint density at radius 2 is 1.00 bits per heavy atom. The average Bonchev–Trinajstić information content (AvgIpc) is 3.03. The van der Waals surface area contributed by atoms with Gasteiger partial charge >= 0.3 is 0 Å². The molecule has 0 heterocycles. The van der Waals surface area contributed by atoms with Crippen molar-refractivity contribution in [3.63, 3.8) is 0 Å². The van der Waals surface area contributed by atoms with Gasteiger partial charge in [-0.25, -0.2) is 15.2 Å². The molecule has 5 amide bonds. The van der Waals surface area contributed by atoms with Gasteiger partial charge in [0.15, 0.2) is 0 Å². The number of rotatable bonds is 25. The number of carbonyl (C=O) groups is 5. The lowest BCUT2D eigenvalue weighted by Crippen LogP contribution is -2.37. The minimum Gasteiger partial charge on any atom is -0.394 e. The van der Waals surface area contributed by atoms with E-state index in [1.807, 2.05) is 0 Å². The minimum atomic E-state index is -0.687. The molecule has 0 radical (unpaired) electrons. The van der Waals surface area contributed by atoms with E-state index in [1.165, 1.54) is 6.92 Å². The van der Waals surface area contributed by atoms with Crippen LogP contribution in [0.4, 0.5) is 11.4 Å². The van der Waals surface area contributed by atoms with Crippen molar-refractivity contribution in [1.29, 1.82) is 0 Å². The molecule has 46 heavy (non-hydrogen) atoms. The molecule has 0 unspecified atom stereocenters. The van der Waals surface area contributed by atoms with Gasteiger partial charge in [0.1, 0.15) is 11.4 Å². The van der Waals surface area contributed by atoms with Crippen molar-refractivity contribution < 1.29 is 39.6 Å². The quantitative estimate of drug-likeness (QED) is 0.0324. The number of nitrogens with zero attached hydrogens (tertiary/aromatic N) is 3. The standard InChI is InChI=1S/C29H49N7O10/c1-21(37)34(44)18-8-2-5-15-31-22(38)11-13-24(40)35(45)19-9-3-6-16-32-23(39)12-14-25(41)36(46)20-10-4-7-17-33-27-26(30)28(42)29(27)43/h33,44-46H,2-20,30H2,1H3,(H,31,38)(H,32,39). The lowest BCUT2D eigenvalue weighted by Gasteiger charge is -2.15. The number of hydrogen-bond acceptors (Lipinski definition) is 12. The van der Waals surface area contributed by atoms with Crippen molar-refractivity contribution in [2.24, 2.45) is 0 Å². The molecule has 0 atom stereocenters. The summed E-state index contributed by atoms with van der Waals surface area (Å²) in [5.74, 6) is -2.23. The molecule has 0 aliphatic rings. The highest BCUT2D eigenvalue weighted by molar-refractivity contribution is 5.83. The lowest BCUT2D eigenvalue weighted by molar-refractivity contribution is -0.166. The van der Waals surface area contributed by atoms with Gasteiger partial charge in [-0.05, 0) is 57.8 Å². The Hall–Kier alpha value is -4.09. The zero-order valence-corrected chi connectivity index (χ0v) is 26.6. The van der Waals surface area contributed by atoms with E-state index < -0.39 is 28.6 Å². The van der Waals surface area contributed by atoms with Crippen LogP contribution in [0.1, 0.15) is 90.4 Å². The van der Waals surface area contributed by atoms with Crippen LogP contribution < -0.4 is 32.5 Å². The second kappa shape index (κ2) is 22.4. The van der Waals surface area contributed by atoms with Crippen molar-refractivity contribution in [1.82, 2.24) is 25.8 Å². The molecule has 0 aliphatic heterocycles. The molecule has 0 bridgehead atoms. The fraction of sp³-hybridized carbons (Fsp3) is 0.690. The zero-order valence-electron chi connectivity index (χ0n) is 26.6. The van der Waals surface area contributed by atoms with Crippen LogP contribution in [0.25, 0.3) is 0 Å². The van der Waals surface area contributed by atoms with Crippen LogP contribution in [0.5, 0.6) is 0 Å². The number of nitrogens with two attached hydrogens (primary N) is 1. The number of carbonyl (C=O) groups excluding carboxylic acids is 5. The van der Waals surface area contributed by atoms with Gasteiger partial charge < -0.3 is 21.7 Å². The molecule has 260 valence electrons. The Morgan fingerprint density at radius 3 is 1.41 bits per heavy atom. The molecule has 17 heteroatoms. The fourth-order valence-electron chi connectivity index (χ4n) is 4.23. The van der Waals surface area contributed by atoms with Crippen LogP contribution in [0.3, 0.4) is 0 Å². The van der Waals surface area contributed by atoms with E-state index in [9.17, 15) is 49.2 Å². The molecule has 1 aromatic carbocycles. The van der Waals surface area contributed by atoms with Gasteiger partial charge in [0, 0.05) is 71.9 Å². The van der Waals surface area contributed by atoms with Crippen molar-refractivity contribution >= 4 is 40.9 Å². The number of hydroxylamine groups is 6. The van der Waals surface area contributed by atoms with E-state index in [-0.39, 0.29) is 68.5 Å². The van der Waals surface area contributed by atoms with Gasteiger partial charge in [-0.3, -0.25) is 49.2 Å². The van der Waals surface area contributed by atoms with Crippen LogP contribution >= 0.6 is 0 Å². The molecule has 0 saturated carbocycles. The number of nitrogen functional groups attached to an aromatic ring is 1. The highest BCUT2D eigenvalue weighted by atomic mass is 16.5. The van der Waals surface area contributed by atoms with Crippen molar-refractivity contribution in [2.45, 2.75) is 90.4 Å². The van der Waals surface area contributed by atoms with Crippen LogP contribution in [0.15, 0.2) is 9.59 Å². The Balaban J connectivity index is 2.00. The second-order valence-electron chi connectivity index (χ2n) is 10.9. The SMILES string of the molecule is CC(=O)N(O)CCCCCNC(=O)CCC(=O)N(O)CCCCCNC(=O)CCC(=O)N(O)CCCCCNc1c(N)c(=O)c1=O. The van der Waals surface area contributed by atoms with E-state index in [4.69, 9.17) is 5.73 Å². The van der Waals surface area contributed by atoms with Crippen LogP contribution in [-0.4, -0.2) is 99.6 Å². The number of amides is 5. The summed E-state index contributed by atoms with van der Waals surface area (Å²) in [4.78, 5) is 81.2. The number of nitrogens with one attached hydrogen (secondary N) is 3. The first-order chi connectivity index (χ1) is 21.8. The molecule has 8 N–H and O–H groups in total. The number of anilines is 2. The van der Waals surface area contributed by atoms with Crippen LogP contribution in [0, 0.1) is 0 Å². The molecule has 0 saturated heterocycles. The fourth-order valence-corrected chi connectivity index (χ4v) is 4.23. The van der Waals surface area contributed by atoms with Gasteiger partial charge in [-0.15, -0.1) is 0 Å². The number of unbranched alkanes of at least 4 members (excludes halogenated alkanes) is 6.